The van der Waals surface area contributed by atoms with E-state index in [-0.39, 0.29) is 0 Å². The van der Waals surface area contributed by atoms with E-state index >= 15 is 0 Å². The molecule has 0 N–H and O–H groups in total. The lowest BCUT2D eigenvalue weighted by molar-refractivity contribution is 1.31. The molecular formula is C9H7ClN2S2. The second kappa shape index (κ2) is 4.29. The molecule has 0 aliphatic carbocycles. The smallest absolute Gasteiger partial charge is 0.205 e. The molecular weight excluding hydrogens is 236 g/mol. The monoisotopic (exact) mass is 242 g/mol. The number of benzene rings is 1. The van der Waals surface area contributed by atoms with Gasteiger partial charge in [0, 0.05) is 10.5 Å². The highest BCUT2D eigenvalue weighted by atomic mass is 35.5. The number of rotatable bonds is 2. The lowest BCUT2D eigenvalue weighted by Crippen LogP contribution is -1.79. The Morgan fingerprint density at radius 1 is 1.36 bits per heavy atom. The lowest BCUT2D eigenvalue weighted by Gasteiger charge is -2.01. The summed E-state index contributed by atoms with van der Waals surface area (Å²) in [5, 5.41) is 1.20. The molecule has 5 heteroatoms. The van der Waals surface area contributed by atoms with Crippen LogP contribution < -0.4 is 0 Å². The van der Waals surface area contributed by atoms with Gasteiger partial charge in [0.25, 0.3) is 0 Å². The van der Waals surface area contributed by atoms with Gasteiger partial charge in [-0.2, -0.15) is 4.37 Å². The van der Waals surface area contributed by atoms with Gasteiger partial charge in [0.15, 0.2) is 0 Å². The number of hydrogen-bond donors (Lipinski definition) is 0. The summed E-state index contributed by atoms with van der Waals surface area (Å²) in [5.41, 5.74) is 1.10. The van der Waals surface area contributed by atoms with Gasteiger partial charge >= 0.3 is 0 Å². The maximum Gasteiger partial charge on any atom is 0.234 e. The Labute approximate surface area is 95.5 Å². The van der Waals surface area contributed by atoms with Crippen molar-refractivity contribution in [2.75, 3.05) is 6.26 Å². The van der Waals surface area contributed by atoms with Crippen molar-refractivity contribution >= 4 is 34.9 Å². The molecule has 0 saturated carbocycles. The molecule has 0 aliphatic rings. The maximum atomic E-state index is 5.69. The van der Waals surface area contributed by atoms with E-state index in [0.29, 0.717) is 5.28 Å². The van der Waals surface area contributed by atoms with E-state index < -0.39 is 0 Å². The van der Waals surface area contributed by atoms with E-state index in [1.54, 1.807) is 11.8 Å². The van der Waals surface area contributed by atoms with E-state index in [9.17, 15) is 0 Å². The molecule has 0 bridgehead atoms. The minimum Gasteiger partial charge on any atom is -0.205 e. The summed E-state index contributed by atoms with van der Waals surface area (Å²) < 4.78 is 3.96. The average molecular weight is 243 g/mol. The topological polar surface area (TPSA) is 25.8 Å². The van der Waals surface area contributed by atoms with Crippen molar-refractivity contribution in [3.05, 3.63) is 29.5 Å². The van der Waals surface area contributed by atoms with Gasteiger partial charge in [-0.05, 0) is 35.5 Å². The van der Waals surface area contributed by atoms with Crippen LogP contribution in [0, 0.1) is 0 Å². The van der Waals surface area contributed by atoms with Crippen LogP contribution in [0.1, 0.15) is 0 Å². The largest absolute Gasteiger partial charge is 0.234 e. The zero-order valence-electron chi connectivity index (χ0n) is 7.40. The second-order valence-electron chi connectivity index (χ2n) is 2.57. The van der Waals surface area contributed by atoms with Crippen LogP contribution in [0.5, 0.6) is 0 Å². The van der Waals surface area contributed by atoms with Gasteiger partial charge in [0.05, 0.1) is 0 Å². The van der Waals surface area contributed by atoms with Crippen molar-refractivity contribution in [3.8, 4) is 10.6 Å². The molecule has 0 spiro atoms. The lowest BCUT2D eigenvalue weighted by atomic mass is 10.2. The molecule has 0 atom stereocenters. The SMILES string of the molecule is CSc1ccccc1-c1nc(Cl)ns1. The van der Waals surface area contributed by atoms with Crippen molar-refractivity contribution < 1.29 is 0 Å². The predicted molar refractivity (Wildman–Crippen MR) is 62.1 cm³/mol. The first-order valence-electron chi connectivity index (χ1n) is 3.94. The van der Waals surface area contributed by atoms with Gasteiger partial charge in [-0.15, -0.1) is 11.8 Å². The van der Waals surface area contributed by atoms with Crippen LogP contribution in [0.3, 0.4) is 0 Å². The summed E-state index contributed by atoms with van der Waals surface area (Å²) in [6.07, 6.45) is 2.04. The van der Waals surface area contributed by atoms with Gasteiger partial charge in [-0.3, -0.25) is 0 Å². The molecule has 0 saturated heterocycles. The first-order valence-corrected chi connectivity index (χ1v) is 6.31. The molecule has 2 nitrogen and oxygen atoms in total. The summed E-state index contributed by atoms with van der Waals surface area (Å²) in [4.78, 5) is 5.34. The number of thioether (sulfide) groups is 1. The molecule has 0 unspecified atom stereocenters. The van der Waals surface area contributed by atoms with Crippen molar-refractivity contribution in [1.29, 1.82) is 0 Å². The predicted octanol–water partition coefficient (Wildman–Crippen LogP) is 3.58. The third-order valence-corrected chi connectivity index (χ3v) is 3.55. The van der Waals surface area contributed by atoms with Crippen LogP contribution >= 0.6 is 34.9 Å². The third kappa shape index (κ3) is 1.92. The van der Waals surface area contributed by atoms with E-state index in [4.69, 9.17) is 11.6 Å². The highest BCUT2D eigenvalue weighted by Gasteiger charge is 2.08. The Morgan fingerprint density at radius 3 is 2.79 bits per heavy atom. The molecule has 1 heterocycles. The Kier molecular flexibility index (Phi) is 3.05. The maximum absolute atomic E-state index is 5.69. The number of hydrogen-bond acceptors (Lipinski definition) is 4. The molecule has 2 rings (SSSR count). The fourth-order valence-corrected chi connectivity index (χ4v) is 2.64. The normalized spacial score (nSPS) is 10.4. The molecule has 2 aromatic rings. The molecule has 1 aromatic heterocycles. The Bertz CT molecular complexity index is 442. The van der Waals surface area contributed by atoms with Crippen molar-refractivity contribution in [2.45, 2.75) is 4.90 Å². The van der Waals surface area contributed by atoms with Crippen LogP contribution in [0.2, 0.25) is 5.28 Å². The summed E-state index contributed by atoms with van der Waals surface area (Å²) in [6, 6.07) is 8.10. The van der Waals surface area contributed by atoms with Crippen molar-refractivity contribution in [3.63, 3.8) is 0 Å². The fourth-order valence-electron chi connectivity index (χ4n) is 1.14. The number of halogens is 1. The average Bonchev–Trinajstić information content (AvgIpc) is 2.65. The van der Waals surface area contributed by atoms with Crippen LogP contribution in [0.15, 0.2) is 29.2 Å². The van der Waals surface area contributed by atoms with Crippen LogP contribution in [-0.4, -0.2) is 15.6 Å². The third-order valence-electron chi connectivity index (χ3n) is 1.74. The fraction of sp³-hybridized carbons (Fsp3) is 0.111. The quantitative estimate of drug-likeness (QED) is 0.753. The van der Waals surface area contributed by atoms with Gasteiger partial charge in [0.1, 0.15) is 5.01 Å². The minimum absolute atomic E-state index is 0.320. The highest BCUT2D eigenvalue weighted by Crippen LogP contribution is 2.31. The van der Waals surface area contributed by atoms with Crippen LogP contribution in [0.25, 0.3) is 10.6 Å². The first-order chi connectivity index (χ1) is 6.81. The first kappa shape index (κ1) is 9.96. The Hall–Kier alpha value is -0.580. The molecule has 72 valence electrons. The summed E-state index contributed by atoms with van der Waals surface area (Å²) in [7, 11) is 0. The van der Waals surface area contributed by atoms with Crippen LogP contribution in [-0.2, 0) is 0 Å². The zero-order valence-corrected chi connectivity index (χ0v) is 9.79. The van der Waals surface area contributed by atoms with E-state index in [2.05, 4.69) is 15.4 Å². The number of aromatic nitrogens is 2. The van der Waals surface area contributed by atoms with Gasteiger partial charge in [-0.25, -0.2) is 4.98 Å². The van der Waals surface area contributed by atoms with Crippen LogP contribution in [0.4, 0.5) is 0 Å². The van der Waals surface area contributed by atoms with Gasteiger partial charge < -0.3 is 0 Å². The van der Waals surface area contributed by atoms with Gasteiger partial charge in [0.2, 0.25) is 5.28 Å². The van der Waals surface area contributed by atoms with E-state index in [1.165, 1.54) is 16.4 Å². The second-order valence-corrected chi connectivity index (χ2v) is 4.51. The van der Waals surface area contributed by atoms with Gasteiger partial charge in [-0.1, -0.05) is 18.2 Å². The summed E-state index contributed by atoms with van der Waals surface area (Å²) in [6.45, 7) is 0. The van der Waals surface area contributed by atoms with Crippen molar-refractivity contribution in [1.82, 2.24) is 9.36 Å². The summed E-state index contributed by atoms with van der Waals surface area (Å²) >= 11 is 8.71. The number of nitrogens with zero attached hydrogens (tertiary/aromatic N) is 2. The molecule has 0 fully saturated rings. The summed E-state index contributed by atoms with van der Waals surface area (Å²) in [5.74, 6) is 0. The molecule has 0 aliphatic heterocycles. The Morgan fingerprint density at radius 2 is 2.14 bits per heavy atom. The standard InChI is InChI=1S/C9H7ClN2S2/c1-13-7-5-3-2-4-6(7)8-11-9(10)12-14-8/h2-5H,1H3. The minimum atomic E-state index is 0.320. The molecule has 14 heavy (non-hydrogen) atoms. The highest BCUT2D eigenvalue weighted by molar-refractivity contribution is 7.98. The molecule has 0 radical (unpaired) electrons. The van der Waals surface area contributed by atoms with Crippen molar-refractivity contribution in [2.24, 2.45) is 0 Å². The van der Waals surface area contributed by atoms with E-state index in [1.807, 2.05) is 24.5 Å². The zero-order chi connectivity index (χ0) is 9.97. The van der Waals surface area contributed by atoms with E-state index in [0.717, 1.165) is 10.6 Å². The molecule has 0 amide bonds. The molecule has 1 aromatic carbocycles. The Balaban J connectivity index is 2.50.